The van der Waals surface area contributed by atoms with Gasteiger partial charge in [-0.2, -0.15) is 0 Å². The summed E-state index contributed by atoms with van der Waals surface area (Å²) < 4.78 is 0. The van der Waals surface area contributed by atoms with Crippen molar-refractivity contribution < 1.29 is 14.7 Å². The summed E-state index contributed by atoms with van der Waals surface area (Å²) in [6.07, 6.45) is -0.799. The van der Waals surface area contributed by atoms with Crippen LogP contribution >= 0.6 is 0 Å². The summed E-state index contributed by atoms with van der Waals surface area (Å²) in [4.78, 5) is 28.4. The molecule has 0 N–H and O–H groups in total. The molecule has 1 aliphatic rings. The molecule has 8 nitrogen and oxygen atoms in total. The van der Waals surface area contributed by atoms with Crippen molar-refractivity contribution in [2.75, 3.05) is 5.06 Å². The highest BCUT2D eigenvalue weighted by molar-refractivity contribution is 5.49. The van der Waals surface area contributed by atoms with Crippen LogP contribution in [0.4, 0.5) is 11.4 Å². The molecule has 1 saturated heterocycles. The molecule has 3 aromatic rings. The quantitative estimate of drug-likeness (QED) is 0.470. The van der Waals surface area contributed by atoms with Crippen LogP contribution in [0.3, 0.4) is 0 Å². The van der Waals surface area contributed by atoms with Gasteiger partial charge in [-0.15, -0.1) is 0 Å². The van der Waals surface area contributed by atoms with E-state index in [0.29, 0.717) is 16.8 Å². The maximum Gasteiger partial charge on any atom is 0.272 e. The zero-order valence-corrected chi connectivity index (χ0v) is 15.2. The average Bonchev–Trinajstić information content (AvgIpc) is 3.16. The topological polar surface area (TPSA) is 98.8 Å². The Balaban J connectivity index is 1.82. The first-order chi connectivity index (χ1) is 14.1. The predicted octanol–water partition coefficient (Wildman–Crippen LogP) is 4.47. The lowest BCUT2D eigenvalue weighted by Crippen LogP contribution is -2.32. The van der Waals surface area contributed by atoms with Crippen LogP contribution in [0.5, 0.6) is 0 Å². The van der Waals surface area contributed by atoms with Gasteiger partial charge in [-0.3, -0.25) is 25.1 Å². The molecule has 4 rings (SSSR count). The standard InChI is InChI=1S/C21H17N3O5/c25-23(26)18-13-11-15(12-14-18)19-20(24(27)28)21(16-7-3-1-4-8-16)29-22(19)17-9-5-2-6-10-17/h1-14,19-21H/t19-,20+,21-/m0/s1. The van der Waals surface area contributed by atoms with Gasteiger partial charge >= 0.3 is 0 Å². The van der Waals surface area contributed by atoms with Gasteiger partial charge in [-0.1, -0.05) is 48.5 Å². The second-order valence-corrected chi connectivity index (χ2v) is 6.67. The number of benzene rings is 3. The van der Waals surface area contributed by atoms with Gasteiger partial charge in [0.2, 0.25) is 0 Å². The average molecular weight is 391 g/mol. The summed E-state index contributed by atoms with van der Waals surface area (Å²) in [6.45, 7) is 0. The minimum absolute atomic E-state index is 0.0730. The van der Waals surface area contributed by atoms with E-state index in [0.717, 1.165) is 0 Å². The lowest BCUT2D eigenvalue weighted by atomic mass is 9.92. The fourth-order valence-electron chi connectivity index (χ4n) is 3.60. The number of para-hydroxylation sites is 1. The van der Waals surface area contributed by atoms with Gasteiger partial charge in [0.25, 0.3) is 11.7 Å². The van der Waals surface area contributed by atoms with Crippen molar-refractivity contribution in [3.63, 3.8) is 0 Å². The Morgan fingerprint density at radius 1 is 0.759 bits per heavy atom. The van der Waals surface area contributed by atoms with Gasteiger partial charge in [0.15, 0.2) is 12.1 Å². The lowest BCUT2D eigenvalue weighted by molar-refractivity contribution is -0.531. The van der Waals surface area contributed by atoms with Crippen LogP contribution in [0, 0.1) is 20.2 Å². The van der Waals surface area contributed by atoms with Crippen molar-refractivity contribution in [2.24, 2.45) is 0 Å². The monoisotopic (exact) mass is 391 g/mol. The molecule has 0 bridgehead atoms. The van der Waals surface area contributed by atoms with Crippen molar-refractivity contribution in [2.45, 2.75) is 18.2 Å². The minimum Gasteiger partial charge on any atom is -0.264 e. The summed E-state index contributed by atoms with van der Waals surface area (Å²) in [7, 11) is 0. The van der Waals surface area contributed by atoms with Crippen LogP contribution in [0.2, 0.25) is 0 Å². The first kappa shape index (κ1) is 18.6. The van der Waals surface area contributed by atoms with Crippen LogP contribution in [0.15, 0.2) is 84.9 Å². The van der Waals surface area contributed by atoms with Crippen molar-refractivity contribution in [1.82, 2.24) is 0 Å². The SMILES string of the molecule is O=[N+]([O-])c1ccc([C@H]2[C@@H]([N+](=O)[O-])[C@H](c3ccccc3)ON2c2ccccc2)cc1. The molecule has 0 aromatic heterocycles. The Kier molecular flexibility index (Phi) is 4.92. The molecule has 0 unspecified atom stereocenters. The van der Waals surface area contributed by atoms with E-state index in [1.54, 1.807) is 24.3 Å². The van der Waals surface area contributed by atoms with Gasteiger partial charge in [-0.05, 0) is 35.4 Å². The molecule has 146 valence electrons. The van der Waals surface area contributed by atoms with Gasteiger partial charge in [0, 0.05) is 17.1 Å². The first-order valence-electron chi connectivity index (χ1n) is 9.00. The van der Waals surface area contributed by atoms with E-state index >= 15 is 0 Å². The van der Waals surface area contributed by atoms with Crippen LogP contribution < -0.4 is 5.06 Å². The van der Waals surface area contributed by atoms with Crippen molar-refractivity contribution in [1.29, 1.82) is 0 Å². The molecule has 1 fully saturated rings. The number of nitrogens with zero attached hydrogens (tertiary/aromatic N) is 3. The molecule has 8 heteroatoms. The predicted molar refractivity (Wildman–Crippen MR) is 106 cm³/mol. The number of non-ortho nitro benzene ring substituents is 1. The van der Waals surface area contributed by atoms with E-state index in [1.165, 1.54) is 17.2 Å². The second kappa shape index (κ2) is 7.69. The summed E-state index contributed by atoms with van der Waals surface area (Å²) in [5, 5.41) is 24.6. The number of hydrogen-bond donors (Lipinski definition) is 0. The van der Waals surface area contributed by atoms with E-state index in [2.05, 4.69) is 0 Å². The van der Waals surface area contributed by atoms with Crippen molar-refractivity contribution in [3.05, 3.63) is 116 Å². The largest absolute Gasteiger partial charge is 0.272 e. The maximum atomic E-state index is 12.1. The van der Waals surface area contributed by atoms with Gasteiger partial charge < -0.3 is 0 Å². The number of nitro benzene ring substituents is 1. The zero-order chi connectivity index (χ0) is 20.4. The molecule has 0 radical (unpaired) electrons. The second-order valence-electron chi connectivity index (χ2n) is 6.67. The Morgan fingerprint density at radius 3 is 1.90 bits per heavy atom. The molecule has 0 spiro atoms. The maximum absolute atomic E-state index is 12.1. The van der Waals surface area contributed by atoms with E-state index in [-0.39, 0.29) is 10.6 Å². The van der Waals surface area contributed by atoms with Gasteiger partial charge in [0.05, 0.1) is 10.6 Å². The molecule has 3 atom stereocenters. The fourth-order valence-corrected chi connectivity index (χ4v) is 3.60. The minimum atomic E-state index is -1.10. The number of hydroxylamine groups is 1. The highest BCUT2D eigenvalue weighted by Gasteiger charge is 2.53. The molecule has 1 heterocycles. The highest BCUT2D eigenvalue weighted by atomic mass is 16.7. The lowest BCUT2D eigenvalue weighted by Gasteiger charge is -2.24. The first-order valence-corrected chi connectivity index (χ1v) is 9.00. The number of rotatable bonds is 5. The van der Waals surface area contributed by atoms with Crippen LogP contribution in [0.25, 0.3) is 0 Å². The van der Waals surface area contributed by atoms with Crippen molar-refractivity contribution >= 4 is 11.4 Å². The summed E-state index contributed by atoms with van der Waals surface area (Å²) in [5.74, 6) is 0. The Hall–Kier alpha value is -3.78. The third kappa shape index (κ3) is 3.53. The summed E-state index contributed by atoms with van der Waals surface area (Å²) in [6, 6.07) is 22.1. The van der Waals surface area contributed by atoms with E-state index in [9.17, 15) is 20.2 Å². The molecule has 1 aliphatic heterocycles. The summed E-state index contributed by atoms with van der Waals surface area (Å²) in [5.41, 5.74) is 1.86. The number of hydrogen-bond acceptors (Lipinski definition) is 6. The van der Waals surface area contributed by atoms with E-state index in [1.807, 2.05) is 48.5 Å². The van der Waals surface area contributed by atoms with Gasteiger partial charge in [-0.25, -0.2) is 5.06 Å². The Morgan fingerprint density at radius 2 is 1.34 bits per heavy atom. The molecular formula is C21H17N3O5. The fraction of sp³-hybridized carbons (Fsp3) is 0.143. The molecule has 0 amide bonds. The third-order valence-corrected chi connectivity index (χ3v) is 4.94. The Labute approximate surface area is 166 Å². The van der Waals surface area contributed by atoms with Crippen LogP contribution in [0.1, 0.15) is 23.3 Å². The van der Waals surface area contributed by atoms with Crippen molar-refractivity contribution in [3.8, 4) is 0 Å². The Bertz CT molecular complexity index is 1010. The zero-order valence-electron chi connectivity index (χ0n) is 15.2. The van der Waals surface area contributed by atoms with Crippen LogP contribution in [-0.2, 0) is 4.84 Å². The molecular weight excluding hydrogens is 374 g/mol. The normalized spacial score (nSPS) is 21.1. The molecule has 0 saturated carbocycles. The van der Waals surface area contributed by atoms with E-state index < -0.39 is 23.1 Å². The molecule has 0 aliphatic carbocycles. The molecule has 3 aromatic carbocycles. The smallest absolute Gasteiger partial charge is 0.264 e. The van der Waals surface area contributed by atoms with Crippen LogP contribution in [-0.4, -0.2) is 15.9 Å². The van der Waals surface area contributed by atoms with Gasteiger partial charge in [0.1, 0.15) is 0 Å². The summed E-state index contributed by atoms with van der Waals surface area (Å²) >= 11 is 0. The third-order valence-electron chi connectivity index (χ3n) is 4.94. The number of nitro groups is 2. The highest BCUT2D eigenvalue weighted by Crippen LogP contribution is 2.46. The number of anilines is 1. The molecule has 29 heavy (non-hydrogen) atoms. The van der Waals surface area contributed by atoms with E-state index in [4.69, 9.17) is 4.84 Å².